The molecule has 78 valence electrons. The number of nitrogens with two attached hydrogens (primary N) is 1. The van der Waals surface area contributed by atoms with Gasteiger partial charge in [-0.05, 0) is 13.0 Å². The molecule has 2 nitrogen and oxygen atoms in total. The topological polar surface area (TPSA) is 29.9 Å². The molecular formula is C8H15Cl3N2. The first kappa shape index (κ1) is 18.7. The van der Waals surface area contributed by atoms with Gasteiger partial charge < -0.3 is 18.1 Å². The zero-order valence-electron chi connectivity index (χ0n) is 7.44. The molecule has 0 radical (unpaired) electrons. The van der Waals surface area contributed by atoms with Crippen LogP contribution in [0, 0.1) is 6.92 Å². The van der Waals surface area contributed by atoms with E-state index in [4.69, 9.17) is 5.73 Å². The van der Waals surface area contributed by atoms with E-state index in [1.54, 1.807) is 0 Å². The molecule has 1 heterocycles. The van der Waals surface area contributed by atoms with Crippen LogP contribution in [0.25, 0.3) is 0 Å². The van der Waals surface area contributed by atoms with Crippen molar-refractivity contribution in [3.05, 3.63) is 30.1 Å². The third kappa shape index (κ3) is 7.08. The summed E-state index contributed by atoms with van der Waals surface area (Å²) in [4.78, 5) is 0. The van der Waals surface area contributed by atoms with E-state index >= 15 is 0 Å². The molecule has 0 fully saturated rings. The summed E-state index contributed by atoms with van der Waals surface area (Å²) < 4.78 is 2.09. The minimum absolute atomic E-state index is 0. The van der Waals surface area contributed by atoms with Crippen molar-refractivity contribution in [1.82, 2.24) is 0 Å². The average molecular weight is 246 g/mol. The number of rotatable bonds is 2. The van der Waals surface area contributed by atoms with Gasteiger partial charge in [0.25, 0.3) is 0 Å². The van der Waals surface area contributed by atoms with Crippen molar-refractivity contribution in [2.24, 2.45) is 5.73 Å². The maximum atomic E-state index is 5.39. The standard InChI is InChI=1S/C8H13N2.3ClH/c1-8-3-2-5-10(7-8)6-4-9;;;/h2-3,5,7H,4,6,9H2,1H3;3*1H/q+1;;;/p-1. The SMILES string of the molecule is Cc1ccc[n+](CCN)c1.Cl.Cl.[Cl-]. The number of halogens is 3. The van der Waals surface area contributed by atoms with Crippen LogP contribution in [-0.2, 0) is 6.54 Å². The quantitative estimate of drug-likeness (QED) is 0.606. The predicted octanol–water partition coefficient (Wildman–Crippen LogP) is -1.91. The summed E-state index contributed by atoms with van der Waals surface area (Å²) in [7, 11) is 0. The molecule has 0 saturated heterocycles. The Balaban J connectivity index is -0.000000333. The highest BCUT2D eigenvalue weighted by molar-refractivity contribution is 5.85. The van der Waals surface area contributed by atoms with Gasteiger partial charge in [0.15, 0.2) is 18.9 Å². The van der Waals surface area contributed by atoms with Gasteiger partial charge in [0, 0.05) is 11.6 Å². The van der Waals surface area contributed by atoms with E-state index in [-0.39, 0.29) is 37.2 Å². The first-order valence-electron chi connectivity index (χ1n) is 3.48. The van der Waals surface area contributed by atoms with Gasteiger partial charge >= 0.3 is 0 Å². The van der Waals surface area contributed by atoms with Crippen LogP contribution in [0.1, 0.15) is 5.56 Å². The van der Waals surface area contributed by atoms with Crippen molar-refractivity contribution in [3.63, 3.8) is 0 Å². The number of aromatic nitrogens is 1. The number of aryl methyl sites for hydroxylation is 1. The fourth-order valence-electron chi connectivity index (χ4n) is 0.941. The first-order valence-corrected chi connectivity index (χ1v) is 3.48. The first-order chi connectivity index (χ1) is 4.83. The van der Waals surface area contributed by atoms with E-state index in [9.17, 15) is 0 Å². The van der Waals surface area contributed by atoms with Crippen LogP contribution in [-0.4, -0.2) is 6.54 Å². The Morgan fingerprint density at radius 3 is 2.46 bits per heavy atom. The van der Waals surface area contributed by atoms with Crippen molar-refractivity contribution < 1.29 is 17.0 Å². The lowest BCUT2D eigenvalue weighted by Gasteiger charge is -1.92. The van der Waals surface area contributed by atoms with Crippen molar-refractivity contribution >= 4 is 24.8 Å². The Labute approximate surface area is 97.8 Å². The molecule has 1 rings (SSSR count). The van der Waals surface area contributed by atoms with Gasteiger partial charge in [-0.1, -0.05) is 0 Å². The van der Waals surface area contributed by atoms with Gasteiger partial charge in [-0.2, -0.15) is 0 Å². The van der Waals surface area contributed by atoms with E-state index in [0.717, 1.165) is 6.54 Å². The lowest BCUT2D eigenvalue weighted by molar-refractivity contribution is -0.694. The van der Waals surface area contributed by atoms with Gasteiger partial charge in [-0.15, -0.1) is 24.8 Å². The number of pyridine rings is 1. The summed E-state index contributed by atoms with van der Waals surface area (Å²) in [5, 5.41) is 0. The number of hydrogen-bond donors (Lipinski definition) is 1. The molecule has 5 heteroatoms. The van der Waals surface area contributed by atoms with E-state index in [1.807, 2.05) is 12.3 Å². The minimum Gasteiger partial charge on any atom is -1.00 e. The highest BCUT2D eigenvalue weighted by Crippen LogP contribution is 1.88. The number of nitrogens with zero attached hydrogens (tertiary/aromatic N) is 1. The van der Waals surface area contributed by atoms with Crippen LogP contribution in [0.4, 0.5) is 0 Å². The number of hydrogen-bond acceptors (Lipinski definition) is 1. The van der Waals surface area contributed by atoms with Gasteiger partial charge in [-0.3, -0.25) is 0 Å². The van der Waals surface area contributed by atoms with Crippen molar-refractivity contribution in [2.45, 2.75) is 13.5 Å². The zero-order valence-corrected chi connectivity index (χ0v) is 9.83. The third-order valence-corrected chi connectivity index (χ3v) is 1.39. The lowest BCUT2D eigenvalue weighted by atomic mass is 10.3. The molecule has 0 saturated carbocycles. The summed E-state index contributed by atoms with van der Waals surface area (Å²) in [6.07, 6.45) is 4.12. The third-order valence-electron chi connectivity index (χ3n) is 1.39. The monoisotopic (exact) mass is 244 g/mol. The maximum absolute atomic E-state index is 5.39. The largest absolute Gasteiger partial charge is 1.00 e. The second-order valence-electron chi connectivity index (χ2n) is 2.41. The Morgan fingerprint density at radius 2 is 2.00 bits per heavy atom. The molecule has 0 aliphatic rings. The molecule has 0 spiro atoms. The highest BCUT2D eigenvalue weighted by Gasteiger charge is 1.95. The smallest absolute Gasteiger partial charge is 0.171 e. The van der Waals surface area contributed by atoms with E-state index in [0.29, 0.717) is 6.54 Å². The van der Waals surface area contributed by atoms with E-state index in [1.165, 1.54) is 5.56 Å². The lowest BCUT2D eigenvalue weighted by Crippen LogP contribution is -3.00. The van der Waals surface area contributed by atoms with Gasteiger partial charge in [0.2, 0.25) is 0 Å². The molecule has 2 N–H and O–H groups in total. The molecule has 0 aliphatic heterocycles. The van der Waals surface area contributed by atoms with E-state index in [2.05, 4.69) is 23.8 Å². The van der Waals surface area contributed by atoms with Gasteiger partial charge in [-0.25, -0.2) is 4.57 Å². The Kier molecular flexibility index (Phi) is 14.5. The second-order valence-corrected chi connectivity index (χ2v) is 2.41. The van der Waals surface area contributed by atoms with E-state index < -0.39 is 0 Å². The van der Waals surface area contributed by atoms with Crippen molar-refractivity contribution in [3.8, 4) is 0 Å². The highest BCUT2D eigenvalue weighted by atomic mass is 35.5. The maximum Gasteiger partial charge on any atom is 0.171 e. The summed E-state index contributed by atoms with van der Waals surface area (Å²) in [5.74, 6) is 0. The Hall–Kier alpha value is -0.0200. The molecule has 0 bridgehead atoms. The van der Waals surface area contributed by atoms with Crippen molar-refractivity contribution in [2.75, 3.05) is 6.54 Å². The Bertz CT molecular complexity index is 218. The summed E-state index contributed by atoms with van der Waals surface area (Å²) >= 11 is 0. The minimum atomic E-state index is 0. The van der Waals surface area contributed by atoms with Crippen molar-refractivity contribution in [1.29, 1.82) is 0 Å². The fourth-order valence-corrected chi connectivity index (χ4v) is 0.941. The molecule has 13 heavy (non-hydrogen) atoms. The molecule has 1 aromatic rings. The zero-order chi connectivity index (χ0) is 7.40. The molecule has 0 amide bonds. The molecule has 0 aromatic carbocycles. The predicted molar refractivity (Wildman–Crippen MR) is 54.9 cm³/mol. The average Bonchev–Trinajstić information content (AvgIpc) is 1.88. The van der Waals surface area contributed by atoms with Gasteiger partial charge in [0.1, 0.15) is 0 Å². The second kappa shape index (κ2) is 10.1. The van der Waals surface area contributed by atoms with Crippen LogP contribution in [0.3, 0.4) is 0 Å². The van der Waals surface area contributed by atoms with Crippen LogP contribution < -0.4 is 22.7 Å². The molecular weight excluding hydrogens is 230 g/mol. The molecule has 0 aliphatic carbocycles. The van der Waals surface area contributed by atoms with Crippen LogP contribution >= 0.6 is 24.8 Å². The van der Waals surface area contributed by atoms with Crippen LogP contribution in [0.2, 0.25) is 0 Å². The Morgan fingerprint density at radius 1 is 1.38 bits per heavy atom. The van der Waals surface area contributed by atoms with Crippen LogP contribution in [0.15, 0.2) is 24.5 Å². The summed E-state index contributed by atoms with van der Waals surface area (Å²) in [5.41, 5.74) is 6.66. The summed E-state index contributed by atoms with van der Waals surface area (Å²) in [6, 6.07) is 4.11. The van der Waals surface area contributed by atoms with Gasteiger partial charge in [0.05, 0.1) is 6.54 Å². The molecule has 1 aromatic heterocycles. The fraction of sp³-hybridized carbons (Fsp3) is 0.375. The van der Waals surface area contributed by atoms with Crippen LogP contribution in [0.5, 0.6) is 0 Å². The normalized spacial score (nSPS) is 7.54. The molecule has 0 atom stereocenters. The molecule has 0 unspecified atom stereocenters. The summed E-state index contributed by atoms with van der Waals surface area (Å²) in [6.45, 7) is 3.68.